The number of aliphatic hydroxyl groups excluding tert-OH is 4. The fourth-order valence-electron chi connectivity index (χ4n) is 10.5. The van der Waals surface area contributed by atoms with Gasteiger partial charge in [-0.25, -0.2) is 14.4 Å². The van der Waals surface area contributed by atoms with Gasteiger partial charge >= 0.3 is 30.3 Å². The highest BCUT2D eigenvalue weighted by atomic mass is 19.4. The normalized spacial score (nSPS) is 25.2. The Morgan fingerprint density at radius 3 is 1.64 bits per heavy atom. The van der Waals surface area contributed by atoms with Gasteiger partial charge in [0.25, 0.3) is 0 Å². The summed E-state index contributed by atoms with van der Waals surface area (Å²) in [5, 5.41) is 83.0. The van der Waals surface area contributed by atoms with Gasteiger partial charge in [0.05, 0.1) is 37.5 Å². The molecule has 3 rings (SSSR count). The number of amides is 11. The molecule has 1 aromatic carbocycles. The third-order valence-corrected chi connectivity index (χ3v) is 16.6. The summed E-state index contributed by atoms with van der Waals surface area (Å²) in [6, 6.07) is -9.41. The number of primary amides is 1. The van der Waals surface area contributed by atoms with E-state index in [4.69, 9.17) is 52.2 Å². The van der Waals surface area contributed by atoms with Crippen LogP contribution in [0.1, 0.15) is 139 Å². The van der Waals surface area contributed by atoms with E-state index >= 15 is 14.4 Å². The molecule has 11 amide bonds. The van der Waals surface area contributed by atoms with Gasteiger partial charge in [0.1, 0.15) is 47.8 Å². The van der Waals surface area contributed by atoms with Crippen LogP contribution in [0.15, 0.2) is 35.3 Å². The molecule has 1 aromatic rings. The van der Waals surface area contributed by atoms with Crippen molar-refractivity contribution in [1.29, 1.82) is 0 Å². The van der Waals surface area contributed by atoms with Crippen LogP contribution in [0.25, 0.3) is 0 Å². The number of nitrogens with one attached hydrogen (secondary N) is 10. The molecule has 37 nitrogen and oxygen atoms in total. The van der Waals surface area contributed by atoms with E-state index in [1.807, 2.05) is 31.4 Å². The molecule has 24 N–H and O–H groups in total. The minimum atomic E-state index is -5.08. The van der Waals surface area contributed by atoms with Crippen LogP contribution in [-0.4, -0.2) is 243 Å². The standard InChI is InChI=1S/C61H101N15O18.2C2HF3O2/c1-12-31(6)40-53(87)73-41(32(7)78)52(86)67-27-39(79)71-43(46(81)48(63)82)55(89)70-38(28-77)57(91)94-47(33-17-14-13-15-18-33)44(75-58(92)61(22-20-34(93-11)21-23-61)76-49(83)35(62)26-60(8,9)10)56(90)74-42(45(80)30(4)5)54(88)69-37(25-29(2)3)51(85)68-36(50(84)72-40)19-16-24-66-59(64)65;2*3-2(4,5)1(6)7/h13-15,17-18,29-32,34-38,40-47,77-78,80-81H,12,16,19-28,62H2,1-11H3,(H2,63,82)(H,67,86)(H,68,85)(H,69,88)(H,70,89)(H,71,79)(H,72,84)(H,73,87)(H,74,90)(H,75,92)(H,76,83)(H4,64,65,66);2*(H,6,7)/t31-,32-,34?,35+,36+,37-,38-,40?,41-,42-,43-,44?,45+,46-,47+,61?;;/m0../s1. The zero-order chi connectivity index (χ0) is 83.3. The van der Waals surface area contributed by atoms with Gasteiger partial charge in [0.15, 0.2) is 24.2 Å². The lowest BCUT2D eigenvalue weighted by molar-refractivity contribution is -0.193. The number of methoxy groups -OCH3 is 1. The molecule has 612 valence electrons. The number of aliphatic carboxylic acids is 2. The maximum atomic E-state index is 15.6. The number of benzene rings is 1. The van der Waals surface area contributed by atoms with Crippen molar-refractivity contribution < 1.29 is 134 Å². The molecule has 1 heterocycles. The van der Waals surface area contributed by atoms with Crippen LogP contribution in [-0.2, 0) is 76.6 Å². The van der Waals surface area contributed by atoms with Crippen LogP contribution in [0.4, 0.5) is 26.3 Å². The number of ether oxygens (including phenoxy) is 2. The van der Waals surface area contributed by atoms with E-state index < -0.39 is 222 Å². The summed E-state index contributed by atoms with van der Waals surface area (Å²) in [6.45, 7) is 13.8. The molecule has 1 aliphatic carbocycles. The van der Waals surface area contributed by atoms with Crippen molar-refractivity contribution in [2.45, 2.75) is 230 Å². The lowest BCUT2D eigenvalue weighted by Gasteiger charge is -2.41. The van der Waals surface area contributed by atoms with Crippen LogP contribution in [0.5, 0.6) is 0 Å². The topological polar surface area (TPSA) is 616 Å². The summed E-state index contributed by atoms with van der Waals surface area (Å²) in [5.41, 5.74) is 20.5. The number of esters is 1. The van der Waals surface area contributed by atoms with E-state index in [0.717, 1.165) is 6.92 Å². The summed E-state index contributed by atoms with van der Waals surface area (Å²) >= 11 is 0. The van der Waals surface area contributed by atoms with Crippen LogP contribution in [0.2, 0.25) is 0 Å². The van der Waals surface area contributed by atoms with E-state index in [1.165, 1.54) is 51.3 Å². The number of cyclic esters (lactones) is 1. The van der Waals surface area contributed by atoms with Gasteiger partial charge in [0.2, 0.25) is 65.0 Å². The van der Waals surface area contributed by atoms with E-state index in [2.05, 4.69) is 47.5 Å². The first-order valence-electron chi connectivity index (χ1n) is 34.0. The van der Waals surface area contributed by atoms with Gasteiger partial charge in [0, 0.05) is 13.7 Å². The van der Waals surface area contributed by atoms with Crippen molar-refractivity contribution in [3.05, 3.63) is 35.9 Å². The molecule has 0 bridgehead atoms. The molecule has 1 saturated heterocycles. The van der Waals surface area contributed by atoms with Crippen LogP contribution in [0, 0.1) is 23.2 Å². The Hall–Kier alpha value is -9.59. The molecule has 2 aliphatic rings. The fraction of sp³-hybridized carbons (Fsp3) is 0.677. The molecule has 108 heavy (non-hydrogen) atoms. The quantitative estimate of drug-likeness (QED) is 0.0184. The molecule has 43 heteroatoms. The molecular weight excluding hydrogens is 1460 g/mol. The molecular formula is C65H103F6N15O22. The van der Waals surface area contributed by atoms with Crippen LogP contribution in [0.3, 0.4) is 0 Å². The predicted molar refractivity (Wildman–Crippen MR) is 367 cm³/mol. The number of hydrogen-bond acceptors (Lipinski definition) is 22. The van der Waals surface area contributed by atoms with Gasteiger partial charge < -0.3 is 116 Å². The number of carbonyl (C=O) groups excluding carboxylic acids is 12. The van der Waals surface area contributed by atoms with Crippen LogP contribution < -0.4 is 76.1 Å². The first-order chi connectivity index (χ1) is 49.8. The average molecular weight is 1560 g/mol. The fourth-order valence-corrected chi connectivity index (χ4v) is 10.5. The van der Waals surface area contributed by atoms with Crippen molar-refractivity contribution in [3.63, 3.8) is 0 Å². The third-order valence-electron chi connectivity index (χ3n) is 16.6. The number of carboxylic acid groups (broad SMARTS) is 2. The zero-order valence-corrected chi connectivity index (χ0v) is 61.4. The lowest BCUT2D eigenvalue weighted by Crippen LogP contribution is -2.67. The smallest absolute Gasteiger partial charge is 0.475 e. The van der Waals surface area contributed by atoms with Gasteiger partial charge in [-0.3, -0.25) is 57.7 Å². The zero-order valence-electron chi connectivity index (χ0n) is 61.4. The monoisotopic (exact) mass is 1560 g/mol. The average Bonchev–Trinajstić information content (AvgIpc) is 0.784. The number of halogens is 6. The lowest BCUT2D eigenvalue weighted by atomic mass is 9.78. The van der Waals surface area contributed by atoms with Gasteiger partial charge in [-0.05, 0) is 87.0 Å². The number of carbonyl (C=O) groups is 14. The number of nitrogens with zero attached hydrogens (tertiary/aromatic N) is 1. The molecule has 0 aromatic heterocycles. The Morgan fingerprint density at radius 1 is 0.685 bits per heavy atom. The van der Waals surface area contributed by atoms with Gasteiger partial charge in [-0.15, -0.1) is 0 Å². The summed E-state index contributed by atoms with van der Waals surface area (Å²) in [4.78, 5) is 194. The maximum Gasteiger partial charge on any atom is 0.490 e. The molecule has 0 radical (unpaired) electrons. The Morgan fingerprint density at radius 2 is 1.18 bits per heavy atom. The third kappa shape index (κ3) is 32.5. The molecule has 2 unspecified atom stereocenters. The number of carboxylic acids is 2. The van der Waals surface area contributed by atoms with Crippen molar-refractivity contribution in [2.75, 3.05) is 26.8 Å². The molecule has 1 saturated carbocycles. The second-order valence-corrected chi connectivity index (χ2v) is 27.6. The highest BCUT2D eigenvalue weighted by molar-refractivity contribution is 6.01. The van der Waals surface area contributed by atoms with Crippen molar-refractivity contribution in [2.24, 2.45) is 51.1 Å². The Labute approximate surface area is 617 Å². The van der Waals surface area contributed by atoms with E-state index in [-0.39, 0.29) is 75.9 Å². The highest BCUT2D eigenvalue weighted by Gasteiger charge is 2.49. The number of rotatable bonds is 21. The second-order valence-electron chi connectivity index (χ2n) is 27.6. The number of hydrogen-bond donors (Lipinski definition) is 20. The second kappa shape index (κ2) is 44.0. The molecule has 14 atom stereocenters. The Kier molecular flexibility index (Phi) is 39.3. The largest absolute Gasteiger partial charge is 0.490 e. The SMILES string of the molecule is CC[C@H](C)C1NC(=O)[C@@H](CCCN=C(N)N)NC(=O)[C@H](CC(C)C)NC(=O)[C@H]([C@H](O)C(C)C)NC(=O)C(NC(=O)C2(NC(=O)[C@H](N)CC(C)(C)C)CCC(OC)CC2)[C@@H](c2ccccc2)OC(=O)[C@H](CO)NC(=O)[C@H]([C@H](O)C(N)=O)NC(=O)CNC(=O)[C@H]([C@H](C)O)NC1=O.O=C(O)C(F)(F)F.O=C(O)C(F)(F)F. The summed E-state index contributed by atoms with van der Waals surface area (Å²) < 4.78 is 75.1. The molecule has 0 spiro atoms. The summed E-state index contributed by atoms with van der Waals surface area (Å²) in [5.74, 6) is -22.4. The number of nitrogens with two attached hydrogens (primary N) is 4. The first-order valence-corrected chi connectivity index (χ1v) is 34.0. The van der Waals surface area contributed by atoms with Crippen molar-refractivity contribution in [3.8, 4) is 0 Å². The first kappa shape index (κ1) is 96.4. The number of guanidine groups is 1. The highest BCUT2D eigenvalue weighted by Crippen LogP contribution is 2.33. The van der Waals surface area contributed by atoms with Crippen molar-refractivity contribution in [1.82, 2.24) is 53.2 Å². The summed E-state index contributed by atoms with van der Waals surface area (Å²) in [7, 11) is 1.46. The minimum Gasteiger partial charge on any atom is -0.475 e. The van der Waals surface area contributed by atoms with E-state index in [1.54, 1.807) is 27.7 Å². The predicted octanol–water partition coefficient (Wildman–Crippen LogP) is -3.86. The number of alkyl halides is 6. The van der Waals surface area contributed by atoms with Crippen molar-refractivity contribution >= 4 is 88.8 Å². The van der Waals surface area contributed by atoms with Gasteiger partial charge in [-0.1, -0.05) is 99.1 Å². The Balaban J connectivity index is 0.00000377. The minimum absolute atomic E-state index is 0.0423. The number of aliphatic imine (C=N–C) groups is 1. The van der Waals surface area contributed by atoms with E-state index in [0.29, 0.717) is 0 Å². The Bertz CT molecular complexity index is 3240. The number of aliphatic hydroxyl groups is 4. The van der Waals surface area contributed by atoms with E-state index in [9.17, 15) is 89.9 Å². The maximum absolute atomic E-state index is 15.6. The molecule has 1 aliphatic heterocycles. The molecule has 2 fully saturated rings. The van der Waals surface area contributed by atoms with Gasteiger partial charge in [-0.2, -0.15) is 26.3 Å². The summed E-state index contributed by atoms with van der Waals surface area (Å²) in [6.07, 6.45) is -18.5. The van der Waals surface area contributed by atoms with Crippen LogP contribution >= 0.6 is 0 Å².